The third-order valence-corrected chi connectivity index (χ3v) is 3.04. The van der Waals surface area contributed by atoms with E-state index in [-0.39, 0.29) is 16.8 Å². The van der Waals surface area contributed by atoms with Crippen LogP contribution in [0.2, 0.25) is 0 Å². The van der Waals surface area contributed by atoms with Gasteiger partial charge in [0.1, 0.15) is 5.56 Å². The molecule has 0 aliphatic rings. The molecule has 0 fully saturated rings. The summed E-state index contributed by atoms with van der Waals surface area (Å²) in [6, 6.07) is 6.06. The zero-order valence-electron chi connectivity index (χ0n) is 11.6. The molecule has 1 amide bonds. The van der Waals surface area contributed by atoms with Gasteiger partial charge in [-0.2, -0.15) is 0 Å². The van der Waals surface area contributed by atoms with Crippen molar-refractivity contribution in [2.24, 2.45) is 0 Å². The minimum atomic E-state index is -1.14. The Morgan fingerprint density at radius 2 is 1.95 bits per heavy atom. The normalized spacial score (nSPS) is 10.2. The maximum absolute atomic E-state index is 12.1. The largest absolute Gasteiger partial charge is 0.478 e. The predicted molar refractivity (Wildman–Crippen MR) is 77.9 cm³/mol. The van der Waals surface area contributed by atoms with Gasteiger partial charge in [-0.25, -0.2) is 4.79 Å². The van der Waals surface area contributed by atoms with Crippen LogP contribution in [0.3, 0.4) is 0 Å². The van der Waals surface area contributed by atoms with E-state index in [9.17, 15) is 19.5 Å². The fraction of sp³-hybridized carbons (Fsp3) is 0.133. The van der Waals surface area contributed by atoms with Gasteiger partial charge in [0, 0.05) is 18.0 Å². The number of nitrogens with one attached hydrogen (secondary N) is 2. The van der Waals surface area contributed by atoms with Crippen LogP contribution in [-0.4, -0.2) is 22.0 Å². The number of hydrogen-bond acceptors (Lipinski definition) is 3. The van der Waals surface area contributed by atoms with E-state index in [1.807, 2.05) is 0 Å². The summed E-state index contributed by atoms with van der Waals surface area (Å²) in [4.78, 5) is 37.9. The molecule has 21 heavy (non-hydrogen) atoms. The first-order chi connectivity index (χ1) is 9.90. The Labute approximate surface area is 120 Å². The van der Waals surface area contributed by atoms with E-state index in [0.717, 1.165) is 0 Å². The number of benzene rings is 1. The number of hydrogen-bond donors (Lipinski definition) is 3. The number of anilines is 1. The Morgan fingerprint density at radius 1 is 1.24 bits per heavy atom. The number of carboxylic acids is 1. The van der Waals surface area contributed by atoms with Crippen molar-refractivity contribution in [2.75, 3.05) is 5.32 Å². The monoisotopic (exact) mass is 286 g/mol. The molecule has 0 aliphatic heterocycles. The van der Waals surface area contributed by atoms with Crippen LogP contribution in [0.5, 0.6) is 0 Å². The molecule has 1 aromatic heterocycles. The molecule has 6 heteroatoms. The van der Waals surface area contributed by atoms with Crippen LogP contribution in [0.25, 0.3) is 0 Å². The molecule has 2 aromatic rings. The van der Waals surface area contributed by atoms with Crippen molar-refractivity contribution in [3.8, 4) is 0 Å². The Hall–Kier alpha value is -2.89. The first-order valence-electron chi connectivity index (χ1n) is 6.23. The summed E-state index contributed by atoms with van der Waals surface area (Å²) >= 11 is 0. The molecule has 0 atom stereocenters. The molecule has 2 rings (SSSR count). The molecular formula is C15H14N2O4. The molecule has 0 saturated heterocycles. The maximum atomic E-state index is 12.1. The molecule has 0 aliphatic carbocycles. The van der Waals surface area contributed by atoms with Gasteiger partial charge in [-0.05, 0) is 25.5 Å². The average Bonchev–Trinajstić information content (AvgIpc) is 2.37. The van der Waals surface area contributed by atoms with Crippen LogP contribution in [-0.2, 0) is 0 Å². The van der Waals surface area contributed by atoms with Crippen molar-refractivity contribution in [2.45, 2.75) is 13.8 Å². The highest BCUT2D eigenvalue weighted by molar-refractivity contribution is 6.07. The molecule has 0 unspecified atom stereocenters. The molecule has 0 bridgehead atoms. The lowest BCUT2D eigenvalue weighted by atomic mass is 10.1. The number of pyridine rings is 1. The number of carbonyl (C=O) groups is 2. The van der Waals surface area contributed by atoms with Gasteiger partial charge in [-0.3, -0.25) is 9.59 Å². The van der Waals surface area contributed by atoms with Gasteiger partial charge in [0.2, 0.25) is 0 Å². The van der Waals surface area contributed by atoms with Crippen LogP contribution >= 0.6 is 0 Å². The van der Waals surface area contributed by atoms with E-state index < -0.39 is 17.3 Å². The summed E-state index contributed by atoms with van der Waals surface area (Å²) in [7, 11) is 0. The second-order valence-corrected chi connectivity index (χ2v) is 4.65. The van der Waals surface area contributed by atoms with Gasteiger partial charge >= 0.3 is 5.97 Å². The molecule has 0 radical (unpaired) electrons. The summed E-state index contributed by atoms with van der Waals surface area (Å²) in [6.07, 6.45) is 1.31. The van der Waals surface area contributed by atoms with Crippen molar-refractivity contribution in [3.05, 3.63) is 63.1 Å². The molecule has 1 aromatic carbocycles. The highest BCUT2D eigenvalue weighted by Gasteiger charge is 2.17. The van der Waals surface area contributed by atoms with Crippen LogP contribution in [0.1, 0.15) is 32.0 Å². The first-order valence-corrected chi connectivity index (χ1v) is 6.23. The van der Waals surface area contributed by atoms with E-state index in [1.54, 1.807) is 26.0 Å². The number of amides is 1. The number of carboxylic acid groups (broad SMARTS) is 1. The smallest absolute Gasteiger partial charge is 0.338 e. The molecule has 6 nitrogen and oxygen atoms in total. The number of aromatic carboxylic acids is 1. The predicted octanol–water partition coefficient (Wildman–Crippen LogP) is 1.94. The summed E-state index contributed by atoms with van der Waals surface area (Å²) in [5.41, 5.74) is 0.838. The molecule has 108 valence electrons. The SMILES string of the molecule is Cc1cc(=O)c(C(=O)Nc2cccc(C)c2C(=O)O)c[nH]1. The quantitative estimate of drug-likeness (QED) is 0.802. The topological polar surface area (TPSA) is 99.3 Å². The molecule has 0 spiro atoms. The van der Waals surface area contributed by atoms with E-state index in [1.165, 1.54) is 18.3 Å². The van der Waals surface area contributed by atoms with Gasteiger partial charge in [0.25, 0.3) is 5.91 Å². The second-order valence-electron chi connectivity index (χ2n) is 4.65. The van der Waals surface area contributed by atoms with Crippen LogP contribution in [0.15, 0.2) is 35.3 Å². The number of carbonyl (C=O) groups excluding carboxylic acids is 1. The second kappa shape index (κ2) is 5.62. The summed E-state index contributed by atoms with van der Waals surface area (Å²) < 4.78 is 0. The van der Waals surface area contributed by atoms with Crippen LogP contribution < -0.4 is 10.7 Å². The van der Waals surface area contributed by atoms with Crippen LogP contribution in [0.4, 0.5) is 5.69 Å². The Bertz CT molecular complexity index is 777. The van der Waals surface area contributed by atoms with Gasteiger partial charge in [-0.15, -0.1) is 0 Å². The average molecular weight is 286 g/mol. The summed E-state index contributed by atoms with van der Waals surface area (Å²) in [5, 5.41) is 11.7. The third kappa shape index (κ3) is 3.00. The molecule has 3 N–H and O–H groups in total. The highest BCUT2D eigenvalue weighted by atomic mass is 16.4. The number of H-pyrrole nitrogens is 1. The number of aromatic nitrogens is 1. The Morgan fingerprint density at radius 3 is 2.57 bits per heavy atom. The van der Waals surface area contributed by atoms with Crippen molar-refractivity contribution < 1.29 is 14.7 Å². The van der Waals surface area contributed by atoms with Gasteiger partial charge in [0.05, 0.1) is 11.3 Å². The van der Waals surface area contributed by atoms with Gasteiger partial charge in [0.15, 0.2) is 5.43 Å². The number of rotatable bonds is 3. The first kappa shape index (κ1) is 14.5. The summed E-state index contributed by atoms with van der Waals surface area (Å²) in [6.45, 7) is 3.34. The van der Waals surface area contributed by atoms with Gasteiger partial charge < -0.3 is 15.4 Å². The minimum absolute atomic E-state index is 0.00869. The van der Waals surface area contributed by atoms with Crippen molar-refractivity contribution in [1.82, 2.24) is 4.98 Å². The zero-order chi connectivity index (χ0) is 15.6. The Balaban J connectivity index is 2.39. The van der Waals surface area contributed by atoms with E-state index in [2.05, 4.69) is 10.3 Å². The van der Waals surface area contributed by atoms with Crippen LogP contribution in [0, 0.1) is 13.8 Å². The maximum Gasteiger partial charge on any atom is 0.338 e. The van der Waals surface area contributed by atoms with E-state index >= 15 is 0 Å². The lowest BCUT2D eigenvalue weighted by molar-refractivity contribution is 0.0697. The lowest BCUT2D eigenvalue weighted by Crippen LogP contribution is -2.22. The Kier molecular flexibility index (Phi) is 3.89. The van der Waals surface area contributed by atoms with Crippen molar-refractivity contribution in [3.63, 3.8) is 0 Å². The zero-order valence-corrected chi connectivity index (χ0v) is 11.6. The number of aryl methyl sites for hydroxylation is 2. The highest BCUT2D eigenvalue weighted by Crippen LogP contribution is 2.20. The van der Waals surface area contributed by atoms with E-state index in [0.29, 0.717) is 11.3 Å². The summed E-state index contributed by atoms with van der Waals surface area (Å²) in [5.74, 6) is -1.79. The fourth-order valence-corrected chi connectivity index (χ4v) is 2.00. The molecule has 1 heterocycles. The molecule has 0 saturated carbocycles. The van der Waals surface area contributed by atoms with E-state index in [4.69, 9.17) is 0 Å². The third-order valence-electron chi connectivity index (χ3n) is 3.04. The number of aromatic amines is 1. The standard InChI is InChI=1S/C15H14N2O4/c1-8-4-3-5-11(13(8)15(20)21)17-14(19)10-7-16-9(2)6-12(10)18/h3-7H,1-2H3,(H,16,18)(H,17,19)(H,20,21). The van der Waals surface area contributed by atoms with Crippen molar-refractivity contribution >= 4 is 17.6 Å². The van der Waals surface area contributed by atoms with Crippen molar-refractivity contribution in [1.29, 1.82) is 0 Å². The fourth-order valence-electron chi connectivity index (χ4n) is 2.00. The molecular weight excluding hydrogens is 272 g/mol. The van der Waals surface area contributed by atoms with Gasteiger partial charge in [-0.1, -0.05) is 12.1 Å². The minimum Gasteiger partial charge on any atom is -0.478 e. The lowest BCUT2D eigenvalue weighted by Gasteiger charge is -2.10.